The van der Waals surface area contributed by atoms with Gasteiger partial charge in [-0.1, -0.05) is 29.3 Å². The van der Waals surface area contributed by atoms with Gasteiger partial charge in [-0.2, -0.15) is 0 Å². The Morgan fingerprint density at radius 1 is 1.15 bits per heavy atom. The number of nitrogens with zero attached hydrogens (tertiary/aromatic N) is 1. The lowest BCUT2D eigenvalue weighted by molar-refractivity contribution is 0.115. The highest BCUT2D eigenvalue weighted by molar-refractivity contribution is 9.09. The third-order valence-corrected chi connectivity index (χ3v) is 2.34. The van der Waals surface area contributed by atoms with Gasteiger partial charge in [-0.15, -0.1) is 0 Å². The summed E-state index contributed by atoms with van der Waals surface area (Å²) in [5.74, 6) is 0. The SMILES string of the molecule is CCCCN(CCBr)CCOCC. The quantitative estimate of drug-likeness (QED) is 0.462. The molecule has 3 heteroatoms. The largest absolute Gasteiger partial charge is 0.380 e. The Hall–Kier alpha value is 0.400. The molecule has 0 aliphatic carbocycles. The number of unbranched alkanes of at least 4 members (excludes halogenated alkanes) is 1. The molecule has 0 heterocycles. The molecule has 0 aliphatic heterocycles. The number of hydrogen-bond donors (Lipinski definition) is 0. The van der Waals surface area contributed by atoms with Gasteiger partial charge in [0.2, 0.25) is 0 Å². The van der Waals surface area contributed by atoms with Gasteiger partial charge in [-0.3, -0.25) is 0 Å². The van der Waals surface area contributed by atoms with E-state index in [1.54, 1.807) is 0 Å². The van der Waals surface area contributed by atoms with Crippen LogP contribution in [0.5, 0.6) is 0 Å². The van der Waals surface area contributed by atoms with E-state index in [1.807, 2.05) is 6.92 Å². The van der Waals surface area contributed by atoms with Gasteiger partial charge in [-0.25, -0.2) is 0 Å². The van der Waals surface area contributed by atoms with Crippen molar-refractivity contribution in [3.05, 3.63) is 0 Å². The molecule has 0 spiro atoms. The van der Waals surface area contributed by atoms with E-state index in [0.717, 1.165) is 31.6 Å². The predicted molar refractivity (Wildman–Crippen MR) is 61.6 cm³/mol. The average molecular weight is 252 g/mol. The minimum absolute atomic E-state index is 0.829. The standard InChI is InChI=1S/C10H22BrNO/c1-3-5-7-12(8-6-11)9-10-13-4-2/h3-10H2,1-2H3. The van der Waals surface area contributed by atoms with Crippen LogP contribution in [-0.2, 0) is 4.74 Å². The lowest BCUT2D eigenvalue weighted by Crippen LogP contribution is -2.30. The average Bonchev–Trinajstić information content (AvgIpc) is 2.14. The Kier molecular flexibility index (Phi) is 10.8. The molecule has 0 saturated carbocycles. The highest BCUT2D eigenvalue weighted by atomic mass is 79.9. The van der Waals surface area contributed by atoms with E-state index in [9.17, 15) is 0 Å². The van der Waals surface area contributed by atoms with Crippen molar-refractivity contribution in [1.29, 1.82) is 0 Å². The van der Waals surface area contributed by atoms with Gasteiger partial charge in [0.15, 0.2) is 0 Å². The second-order valence-corrected chi connectivity index (χ2v) is 3.87. The topological polar surface area (TPSA) is 12.5 Å². The first-order valence-corrected chi connectivity index (χ1v) is 6.33. The Morgan fingerprint density at radius 2 is 1.92 bits per heavy atom. The van der Waals surface area contributed by atoms with Crippen molar-refractivity contribution in [3.8, 4) is 0 Å². The number of alkyl halides is 1. The molecule has 0 saturated heterocycles. The van der Waals surface area contributed by atoms with Crippen LogP contribution in [0.4, 0.5) is 0 Å². The number of halogens is 1. The lowest BCUT2D eigenvalue weighted by atomic mass is 10.3. The van der Waals surface area contributed by atoms with Crippen LogP contribution in [0, 0.1) is 0 Å². The Labute approximate surface area is 90.8 Å². The molecule has 0 radical (unpaired) electrons. The summed E-state index contributed by atoms with van der Waals surface area (Å²) < 4.78 is 5.33. The molecule has 0 aliphatic rings. The molecular weight excluding hydrogens is 230 g/mol. The van der Waals surface area contributed by atoms with Crippen LogP contribution in [-0.4, -0.2) is 43.1 Å². The van der Waals surface area contributed by atoms with Gasteiger partial charge in [0.25, 0.3) is 0 Å². The van der Waals surface area contributed by atoms with Crippen LogP contribution in [0.2, 0.25) is 0 Å². The summed E-state index contributed by atoms with van der Waals surface area (Å²) in [6, 6.07) is 0. The van der Waals surface area contributed by atoms with Crippen molar-refractivity contribution in [1.82, 2.24) is 4.90 Å². The summed E-state index contributed by atoms with van der Waals surface area (Å²) >= 11 is 3.47. The minimum atomic E-state index is 0.829. The third-order valence-electron chi connectivity index (χ3n) is 1.98. The summed E-state index contributed by atoms with van der Waals surface area (Å²) in [5.41, 5.74) is 0. The highest BCUT2D eigenvalue weighted by Gasteiger charge is 2.02. The van der Waals surface area contributed by atoms with Crippen molar-refractivity contribution < 1.29 is 4.74 Å². The lowest BCUT2D eigenvalue weighted by Gasteiger charge is -2.20. The predicted octanol–water partition coefficient (Wildman–Crippen LogP) is 2.52. The fourth-order valence-electron chi connectivity index (χ4n) is 1.17. The Bertz CT molecular complexity index is 101. The smallest absolute Gasteiger partial charge is 0.0593 e. The number of rotatable bonds is 9. The molecule has 0 amide bonds. The van der Waals surface area contributed by atoms with Crippen LogP contribution in [0.3, 0.4) is 0 Å². The van der Waals surface area contributed by atoms with Crippen molar-refractivity contribution in [2.24, 2.45) is 0 Å². The van der Waals surface area contributed by atoms with E-state index in [1.165, 1.54) is 19.4 Å². The minimum Gasteiger partial charge on any atom is -0.380 e. The van der Waals surface area contributed by atoms with Crippen LogP contribution >= 0.6 is 15.9 Å². The van der Waals surface area contributed by atoms with Crippen molar-refractivity contribution in [2.75, 3.05) is 38.2 Å². The van der Waals surface area contributed by atoms with Gasteiger partial charge in [-0.05, 0) is 19.9 Å². The van der Waals surface area contributed by atoms with Crippen LogP contribution in [0.1, 0.15) is 26.7 Å². The molecule has 0 aromatic rings. The molecule has 13 heavy (non-hydrogen) atoms. The summed E-state index contributed by atoms with van der Waals surface area (Å²) in [6.45, 7) is 9.38. The molecule has 0 aromatic carbocycles. The number of ether oxygens (including phenoxy) is 1. The second-order valence-electron chi connectivity index (χ2n) is 3.08. The summed E-state index contributed by atoms with van der Waals surface area (Å²) in [5, 5.41) is 1.06. The first kappa shape index (κ1) is 13.4. The zero-order valence-electron chi connectivity index (χ0n) is 8.89. The molecule has 0 N–H and O–H groups in total. The van der Waals surface area contributed by atoms with Gasteiger partial charge < -0.3 is 9.64 Å². The van der Waals surface area contributed by atoms with Gasteiger partial charge >= 0.3 is 0 Å². The molecule has 0 fully saturated rings. The van der Waals surface area contributed by atoms with E-state index < -0.39 is 0 Å². The first-order valence-electron chi connectivity index (χ1n) is 5.21. The van der Waals surface area contributed by atoms with Gasteiger partial charge in [0.05, 0.1) is 6.61 Å². The Morgan fingerprint density at radius 3 is 2.46 bits per heavy atom. The van der Waals surface area contributed by atoms with Crippen LogP contribution < -0.4 is 0 Å². The molecule has 0 atom stereocenters. The van der Waals surface area contributed by atoms with Crippen molar-refractivity contribution in [2.45, 2.75) is 26.7 Å². The zero-order valence-corrected chi connectivity index (χ0v) is 10.5. The highest BCUT2D eigenvalue weighted by Crippen LogP contribution is 1.96. The fraction of sp³-hybridized carbons (Fsp3) is 1.00. The summed E-state index contributed by atoms with van der Waals surface area (Å²) in [7, 11) is 0. The molecule has 0 rings (SSSR count). The first-order chi connectivity index (χ1) is 6.35. The maximum Gasteiger partial charge on any atom is 0.0593 e. The monoisotopic (exact) mass is 251 g/mol. The van der Waals surface area contributed by atoms with Crippen LogP contribution in [0.15, 0.2) is 0 Å². The van der Waals surface area contributed by atoms with E-state index in [4.69, 9.17) is 4.74 Å². The Balaban J connectivity index is 3.41. The molecule has 0 bridgehead atoms. The van der Waals surface area contributed by atoms with E-state index in [0.29, 0.717) is 0 Å². The second kappa shape index (κ2) is 10.5. The summed E-state index contributed by atoms with van der Waals surface area (Å²) in [6.07, 6.45) is 2.56. The third kappa shape index (κ3) is 8.72. The maximum absolute atomic E-state index is 5.33. The van der Waals surface area contributed by atoms with E-state index in [2.05, 4.69) is 27.8 Å². The molecular formula is C10H22BrNO. The molecule has 0 aromatic heterocycles. The van der Waals surface area contributed by atoms with Crippen LogP contribution in [0.25, 0.3) is 0 Å². The maximum atomic E-state index is 5.33. The fourth-order valence-corrected chi connectivity index (χ4v) is 1.68. The van der Waals surface area contributed by atoms with Crippen molar-refractivity contribution >= 4 is 15.9 Å². The van der Waals surface area contributed by atoms with Gasteiger partial charge in [0.1, 0.15) is 0 Å². The van der Waals surface area contributed by atoms with E-state index in [-0.39, 0.29) is 0 Å². The number of hydrogen-bond acceptors (Lipinski definition) is 2. The summed E-state index contributed by atoms with van der Waals surface area (Å²) in [4.78, 5) is 2.45. The molecule has 0 unspecified atom stereocenters. The molecule has 80 valence electrons. The molecule has 2 nitrogen and oxygen atoms in total. The normalized spacial score (nSPS) is 11.1. The van der Waals surface area contributed by atoms with Crippen molar-refractivity contribution in [3.63, 3.8) is 0 Å². The van der Waals surface area contributed by atoms with E-state index >= 15 is 0 Å². The van der Waals surface area contributed by atoms with Gasteiger partial charge in [0, 0.05) is 25.0 Å². The zero-order chi connectivity index (χ0) is 9.94.